The fourth-order valence-corrected chi connectivity index (χ4v) is 5.94. The summed E-state index contributed by atoms with van der Waals surface area (Å²) in [6, 6.07) is 0. The molecule has 7 heteroatoms. The number of hydrogen-bond donors (Lipinski definition) is 0. The summed E-state index contributed by atoms with van der Waals surface area (Å²) in [7, 11) is -4.30. The van der Waals surface area contributed by atoms with Crippen molar-refractivity contribution in [2.45, 2.75) is 194 Å². The standard InChI is InChI=1S/2C18H35O2P.Cr/c2*1-2-3-4-5-6-7-8-9-10-11-12-13-14-15-16-17-18-21(19)20;/h2*9-10H,2-8,11-18H2,1H3;/q;;+2/b2*10-9-;. The van der Waals surface area contributed by atoms with Crippen LogP contribution in [0, 0.1) is 0 Å². The number of allylic oxidation sites excluding steroid dienone is 4. The zero-order valence-corrected chi connectivity index (χ0v) is 31.5. The third-order valence-corrected chi connectivity index (χ3v) is 9.07. The average molecular weight is 681 g/mol. The van der Waals surface area contributed by atoms with E-state index in [-0.39, 0.29) is 17.4 Å². The van der Waals surface area contributed by atoms with Gasteiger partial charge in [-0.05, 0) is 77.0 Å². The maximum absolute atomic E-state index is 10.4. The van der Waals surface area contributed by atoms with Crippen molar-refractivity contribution in [3.05, 3.63) is 24.3 Å². The van der Waals surface area contributed by atoms with E-state index in [0.29, 0.717) is 12.3 Å². The Labute approximate surface area is 281 Å². The Hall–Kier alpha value is 0.132. The normalized spacial score (nSPS) is 11.9. The molecule has 252 valence electrons. The SMILES string of the molecule is CCCCCCCC/C=C\CCCCCCCC[P+](=O)[O-].CCCCCCCC/C=C\CCCCCCCC[P+](=O)[O-].[Cr+2]. The first-order chi connectivity index (χ1) is 20.5. The van der Waals surface area contributed by atoms with E-state index >= 15 is 0 Å². The second-order valence-electron chi connectivity index (χ2n) is 12.0. The third-order valence-electron chi connectivity index (χ3n) is 7.70. The smallest absolute Gasteiger partial charge is 0.596 e. The van der Waals surface area contributed by atoms with E-state index in [2.05, 4.69) is 38.2 Å². The molecule has 0 aliphatic heterocycles. The summed E-state index contributed by atoms with van der Waals surface area (Å²) in [5.74, 6) is 0. The fourth-order valence-electron chi connectivity index (χ4n) is 4.98. The molecule has 0 aliphatic rings. The van der Waals surface area contributed by atoms with E-state index in [9.17, 15) is 18.9 Å². The van der Waals surface area contributed by atoms with Crippen molar-refractivity contribution in [1.82, 2.24) is 0 Å². The van der Waals surface area contributed by atoms with Crippen molar-refractivity contribution < 1.29 is 36.3 Å². The van der Waals surface area contributed by atoms with Crippen LogP contribution < -0.4 is 9.79 Å². The molecule has 0 aliphatic carbocycles. The monoisotopic (exact) mass is 680 g/mol. The molecule has 0 aromatic rings. The topological polar surface area (TPSA) is 80.3 Å². The van der Waals surface area contributed by atoms with Gasteiger partial charge in [-0.3, -0.25) is 0 Å². The molecule has 0 saturated heterocycles. The summed E-state index contributed by atoms with van der Waals surface area (Å²) in [5, 5.41) is 0. The van der Waals surface area contributed by atoms with Gasteiger partial charge in [-0.15, -0.1) is 0 Å². The molecule has 0 bridgehead atoms. The van der Waals surface area contributed by atoms with Crippen LogP contribution in [0.15, 0.2) is 24.3 Å². The molecule has 0 heterocycles. The minimum atomic E-state index is -2.15. The van der Waals surface area contributed by atoms with Gasteiger partial charge in [0.1, 0.15) is 12.3 Å². The molecule has 0 amide bonds. The van der Waals surface area contributed by atoms with Gasteiger partial charge >= 0.3 is 33.4 Å². The summed E-state index contributed by atoms with van der Waals surface area (Å²) in [6.07, 6.45) is 45.4. The van der Waals surface area contributed by atoms with Crippen LogP contribution in [0.3, 0.4) is 0 Å². The van der Waals surface area contributed by atoms with Crippen molar-refractivity contribution in [2.75, 3.05) is 12.3 Å². The fraction of sp³-hybridized carbons (Fsp3) is 0.889. The van der Waals surface area contributed by atoms with Crippen LogP contribution in [-0.2, 0) is 26.5 Å². The Kier molecular flexibility index (Phi) is 48.9. The van der Waals surface area contributed by atoms with Crippen LogP contribution in [0.1, 0.15) is 194 Å². The van der Waals surface area contributed by atoms with Crippen molar-refractivity contribution >= 4 is 16.1 Å². The Morgan fingerprint density at radius 2 is 0.581 bits per heavy atom. The first-order valence-corrected chi connectivity index (χ1v) is 20.8. The zero-order valence-electron chi connectivity index (χ0n) is 28.5. The van der Waals surface area contributed by atoms with Gasteiger partial charge in [0.25, 0.3) is 0 Å². The molecule has 0 spiro atoms. The second-order valence-corrected chi connectivity index (χ2v) is 14.2. The van der Waals surface area contributed by atoms with Crippen molar-refractivity contribution in [3.63, 3.8) is 0 Å². The Bertz CT molecular complexity index is 562. The first kappa shape index (κ1) is 47.5. The van der Waals surface area contributed by atoms with Crippen molar-refractivity contribution in [2.24, 2.45) is 0 Å². The number of unbranched alkanes of at least 4 members (excludes halogenated alkanes) is 24. The van der Waals surface area contributed by atoms with Gasteiger partial charge in [0.2, 0.25) is 0 Å². The molecule has 0 saturated carbocycles. The zero-order chi connectivity index (χ0) is 31.2. The molecule has 43 heavy (non-hydrogen) atoms. The molecular weight excluding hydrogens is 610 g/mol. The van der Waals surface area contributed by atoms with E-state index in [0.717, 1.165) is 25.7 Å². The minimum Gasteiger partial charge on any atom is -0.596 e. The van der Waals surface area contributed by atoms with Crippen LogP contribution in [0.2, 0.25) is 0 Å². The molecule has 0 rings (SSSR count). The Balaban J connectivity index is -0.000000727. The van der Waals surface area contributed by atoms with Crippen LogP contribution in [0.5, 0.6) is 0 Å². The van der Waals surface area contributed by atoms with Gasteiger partial charge in [0, 0.05) is 0 Å². The summed E-state index contributed by atoms with van der Waals surface area (Å²) in [4.78, 5) is 20.8. The second kappa shape index (κ2) is 44.3. The minimum absolute atomic E-state index is 0. The van der Waals surface area contributed by atoms with Crippen molar-refractivity contribution in [1.29, 1.82) is 0 Å². The van der Waals surface area contributed by atoms with Crippen LogP contribution in [0.4, 0.5) is 0 Å². The molecule has 0 N–H and O–H groups in total. The first-order valence-electron chi connectivity index (χ1n) is 18.1. The predicted octanol–water partition coefficient (Wildman–Crippen LogP) is 12.3. The quantitative estimate of drug-likeness (QED) is 0.0402. The van der Waals surface area contributed by atoms with Gasteiger partial charge in [-0.1, -0.05) is 150 Å². The summed E-state index contributed by atoms with van der Waals surface area (Å²) in [6.45, 7) is 4.52. The van der Waals surface area contributed by atoms with E-state index < -0.39 is 16.1 Å². The number of rotatable bonds is 32. The molecule has 0 fully saturated rings. The molecule has 0 aromatic heterocycles. The maximum Gasteiger partial charge on any atom is 2.00 e. The van der Waals surface area contributed by atoms with E-state index in [1.54, 1.807) is 0 Å². The molecule has 4 nitrogen and oxygen atoms in total. The molecule has 2 atom stereocenters. The number of hydrogen-bond acceptors (Lipinski definition) is 4. The van der Waals surface area contributed by atoms with Gasteiger partial charge in [0.15, 0.2) is 0 Å². The average Bonchev–Trinajstić information content (AvgIpc) is 2.97. The van der Waals surface area contributed by atoms with Crippen LogP contribution in [-0.4, -0.2) is 12.3 Å². The van der Waals surface area contributed by atoms with Gasteiger partial charge < -0.3 is 9.79 Å². The Morgan fingerprint density at radius 1 is 0.372 bits per heavy atom. The van der Waals surface area contributed by atoms with Gasteiger partial charge in [-0.2, -0.15) is 0 Å². The molecule has 0 aromatic carbocycles. The van der Waals surface area contributed by atoms with Crippen LogP contribution in [0.25, 0.3) is 0 Å². The Morgan fingerprint density at radius 3 is 0.814 bits per heavy atom. The summed E-state index contributed by atoms with van der Waals surface area (Å²) < 4.78 is 20.8. The predicted molar refractivity (Wildman–Crippen MR) is 184 cm³/mol. The van der Waals surface area contributed by atoms with Crippen molar-refractivity contribution in [3.8, 4) is 0 Å². The van der Waals surface area contributed by atoms with E-state index in [1.807, 2.05) is 0 Å². The largest absolute Gasteiger partial charge is 2.00 e. The van der Waals surface area contributed by atoms with Gasteiger partial charge in [0.05, 0.1) is 0 Å². The summed E-state index contributed by atoms with van der Waals surface area (Å²) >= 11 is 0. The van der Waals surface area contributed by atoms with E-state index in [1.165, 1.54) is 154 Å². The molecule has 2 unspecified atom stereocenters. The summed E-state index contributed by atoms with van der Waals surface area (Å²) in [5.41, 5.74) is 0. The molecule has 0 radical (unpaired) electrons. The third kappa shape index (κ3) is 52.0. The van der Waals surface area contributed by atoms with E-state index in [4.69, 9.17) is 0 Å². The molecular formula is C36H70CrO4P2+2. The van der Waals surface area contributed by atoms with Crippen LogP contribution >= 0.6 is 16.1 Å². The maximum atomic E-state index is 10.4. The van der Waals surface area contributed by atoms with Gasteiger partial charge in [-0.25, -0.2) is 0 Å².